The summed E-state index contributed by atoms with van der Waals surface area (Å²) in [7, 11) is 0. The van der Waals surface area contributed by atoms with Crippen molar-refractivity contribution in [2.45, 2.75) is 38.2 Å². The number of benzene rings is 1. The van der Waals surface area contributed by atoms with Crippen molar-refractivity contribution in [2.24, 2.45) is 0 Å². The molecule has 1 aliphatic rings. The molecule has 0 amide bonds. The van der Waals surface area contributed by atoms with Crippen LogP contribution in [0.15, 0.2) is 28.8 Å². The first kappa shape index (κ1) is 15.8. The first-order valence-corrected chi connectivity index (χ1v) is 7.82. The van der Waals surface area contributed by atoms with Crippen LogP contribution in [-0.4, -0.2) is 24.9 Å². The van der Waals surface area contributed by atoms with Gasteiger partial charge in [-0.3, -0.25) is 0 Å². The van der Waals surface area contributed by atoms with Gasteiger partial charge in [-0.25, -0.2) is 14.1 Å². The van der Waals surface area contributed by atoms with Gasteiger partial charge in [0, 0.05) is 12.0 Å². The van der Waals surface area contributed by atoms with Gasteiger partial charge in [0.15, 0.2) is 0 Å². The Kier molecular flexibility index (Phi) is 3.59. The summed E-state index contributed by atoms with van der Waals surface area (Å²) in [6.07, 6.45) is 1.33. The number of hydrogen-bond donors (Lipinski definition) is 0. The summed E-state index contributed by atoms with van der Waals surface area (Å²) in [5.74, 6) is -3.28. The van der Waals surface area contributed by atoms with E-state index in [0.29, 0.717) is 25.2 Å². The zero-order chi connectivity index (χ0) is 17.6. The van der Waals surface area contributed by atoms with Gasteiger partial charge in [0.2, 0.25) is 11.7 Å². The highest BCUT2D eigenvalue weighted by atomic mass is 19.3. The van der Waals surface area contributed by atoms with Gasteiger partial charge in [-0.05, 0) is 37.6 Å². The topological polar surface area (TPSA) is 69.6 Å². The number of aryl methyl sites for hydroxylation is 2. The van der Waals surface area contributed by atoms with Crippen LogP contribution in [0.2, 0.25) is 0 Å². The number of fused-ring (bicyclic) bond motifs is 1. The lowest BCUT2D eigenvalue weighted by molar-refractivity contribution is 0.0304. The predicted molar refractivity (Wildman–Crippen MR) is 79.5 cm³/mol. The molecule has 0 saturated carbocycles. The van der Waals surface area contributed by atoms with Crippen LogP contribution in [0.3, 0.4) is 0 Å². The van der Waals surface area contributed by atoms with Crippen molar-refractivity contribution in [3.63, 3.8) is 0 Å². The van der Waals surface area contributed by atoms with Gasteiger partial charge in [-0.15, -0.1) is 0 Å². The molecule has 0 aliphatic carbocycles. The summed E-state index contributed by atoms with van der Waals surface area (Å²) in [5, 5.41) is 7.72. The van der Waals surface area contributed by atoms with E-state index in [0.717, 1.165) is 30.1 Å². The second-order valence-electron chi connectivity index (χ2n) is 6.03. The average molecular weight is 349 g/mol. The predicted octanol–water partition coefficient (Wildman–Crippen LogP) is 2.98. The normalized spacial score (nSPS) is 17.5. The van der Waals surface area contributed by atoms with Crippen LogP contribution in [0.5, 0.6) is 0 Å². The molecule has 25 heavy (non-hydrogen) atoms. The molecule has 3 aromatic rings. The minimum absolute atomic E-state index is 0.149. The molecule has 0 saturated heterocycles. The molecule has 6 nitrogen and oxygen atoms in total. The van der Waals surface area contributed by atoms with E-state index in [2.05, 4.69) is 20.2 Å². The summed E-state index contributed by atoms with van der Waals surface area (Å²) >= 11 is 0. The fraction of sp³-hybridized carbons (Fsp3) is 0.375. The van der Waals surface area contributed by atoms with E-state index in [1.165, 1.54) is 0 Å². The maximum atomic E-state index is 14.5. The van der Waals surface area contributed by atoms with Crippen molar-refractivity contribution in [3.8, 4) is 0 Å². The van der Waals surface area contributed by atoms with E-state index < -0.39 is 17.6 Å². The van der Waals surface area contributed by atoms with E-state index >= 15 is 0 Å². The van der Waals surface area contributed by atoms with Gasteiger partial charge in [0.05, 0.1) is 12.5 Å². The first-order chi connectivity index (χ1) is 11.9. The van der Waals surface area contributed by atoms with Crippen LogP contribution >= 0.6 is 0 Å². The molecule has 0 spiro atoms. The van der Waals surface area contributed by atoms with Crippen molar-refractivity contribution in [1.29, 1.82) is 0 Å². The highest BCUT2D eigenvalue weighted by Crippen LogP contribution is 2.35. The van der Waals surface area contributed by atoms with Crippen molar-refractivity contribution in [2.75, 3.05) is 0 Å². The summed E-state index contributed by atoms with van der Waals surface area (Å²) < 4.78 is 48.8. The molecule has 1 unspecified atom stereocenters. The number of rotatable bonds is 3. The van der Waals surface area contributed by atoms with Gasteiger partial charge in [0.25, 0.3) is 0 Å². The highest BCUT2D eigenvalue weighted by Gasteiger charge is 2.40. The van der Waals surface area contributed by atoms with Crippen LogP contribution < -0.4 is 0 Å². The largest absolute Gasteiger partial charge is 0.339 e. The number of hydrogen-bond acceptors (Lipinski definition) is 5. The van der Waals surface area contributed by atoms with Crippen molar-refractivity contribution >= 4 is 0 Å². The standard InChI is InChI=1S/C16H14F3N5O/c1-9-20-13-7-2-10(8-24(13)22-9)14-21-15(23-25-14)16(18,19)11-3-5-12(17)6-4-11/h3-6,10H,2,7-8H2,1H3. The molecule has 4 rings (SSSR count). The minimum atomic E-state index is -3.46. The number of nitrogens with zero attached hydrogens (tertiary/aromatic N) is 5. The summed E-state index contributed by atoms with van der Waals surface area (Å²) in [6, 6.07) is 3.97. The zero-order valence-electron chi connectivity index (χ0n) is 13.3. The van der Waals surface area contributed by atoms with E-state index in [1.807, 2.05) is 0 Å². The van der Waals surface area contributed by atoms with Crippen LogP contribution in [0.4, 0.5) is 13.2 Å². The minimum Gasteiger partial charge on any atom is -0.339 e. The molecular weight excluding hydrogens is 335 g/mol. The Bertz CT molecular complexity index is 903. The molecule has 9 heteroatoms. The Labute approximate surface area is 140 Å². The fourth-order valence-corrected chi connectivity index (χ4v) is 2.95. The van der Waals surface area contributed by atoms with Crippen molar-refractivity contribution in [3.05, 3.63) is 59.0 Å². The van der Waals surface area contributed by atoms with Crippen LogP contribution in [0.1, 0.15) is 41.3 Å². The smallest absolute Gasteiger partial charge is 0.335 e. The van der Waals surface area contributed by atoms with Crippen LogP contribution in [0.25, 0.3) is 0 Å². The molecule has 0 bridgehead atoms. The number of aromatic nitrogens is 5. The monoisotopic (exact) mass is 349 g/mol. The second-order valence-corrected chi connectivity index (χ2v) is 6.03. The highest BCUT2D eigenvalue weighted by molar-refractivity contribution is 5.26. The Hall–Kier alpha value is -2.71. The summed E-state index contributed by atoms with van der Waals surface area (Å²) in [4.78, 5) is 8.21. The molecule has 1 atom stereocenters. The van der Waals surface area contributed by atoms with Gasteiger partial charge in [-0.1, -0.05) is 5.16 Å². The Morgan fingerprint density at radius 3 is 2.72 bits per heavy atom. The Balaban J connectivity index is 1.59. The lowest BCUT2D eigenvalue weighted by atomic mass is 10.00. The quantitative estimate of drug-likeness (QED) is 0.727. The number of halogens is 3. The van der Waals surface area contributed by atoms with E-state index in [9.17, 15) is 13.2 Å². The molecular formula is C16H14F3N5O. The Morgan fingerprint density at radius 1 is 1.20 bits per heavy atom. The second kappa shape index (κ2) is 5.68. The molecule has 1 aromatic carbocycles. The van der Waals surface area contributed by atoms with Crippen molar-refractivity contribution < 1.29 is 17.7 Å². The van der Waals surface area contributed by atoms with Gasteiger partial charge in [-0.2, -0.15) is 18.9 Å². The third kappa shape index (κ3) is 2.79. The lowest BCUT2D eigenvalue weighted by Gasteiger charge is -2.19. The van der Waals surface area contributed by atoms with E-state index in [1.54, 1.807) is 11.6 Å². The zero-order valence-corrected chi connectivity index (χ0v) is 13.3. The third-order valence-corrected chi connectivity index (χ3v) is 4.24. The Morgan fingerprint density at radius 2 is 1.96 bits per heavy atom. The number of alkyl halides is 2. The maximum Gasteiger partial charge on any atom is 0.335 e. The van der Waals surface area contributed by atoms with E-state index in [4.69, 9.17) is 4.52 Å². The van der Waals surface area contributed by atoms with Gasteiger partial charge in [0.1, 0.15) is 17.5 Å². The fourth-order valence-electron chi connectivity index (χ4n) is 2.95. The molecule has 0 fully saturated rings. The molecule has 0 radical (unpaired) electrons. The third-order valence-electron chi connectivity index (χ3n) is 4.24. The lowest BCUT2D eigenvalue weighted by Crippen LogP contribution is -2.21. The van der Waals surface area contributed by atoms with Gasteiger partial charge >= 0.3 is 5.92 Å². The molecule has 0 N–H and O–H groups in total. The first-order valence-electron chi connectivity index (χ1n) is 7.82. The summed E-state index contributed by atoms with van der Waals surface area (Å²) in [5.41, 5.74) is -0.390. The van der Waals surface area contributed by atoms with Gasteiger partial charge < -0.3 is 4.52 Å². The van der Waals surface area contributed by atoms with Crippen LogP contribution in [0, 0.1) is 12.7 Å². The van der Waals surface area contributed by atoms with Crippen LogP contribution in [-0.2, 0) is 18.9 Å². The maximum absolute atomic E-state index is 14.5. The molecule has 130 valence electrons. The molecule has 3 heterocycles. The summed E-state index contributed by atoms with van der Waals surface area (Å²) in [6.45, 7) is 2.26. The molecule has 2 aromatic heterocycles. The van der Waals surface area contributed by atoms with Crippen molar-refractivity contribution in [1.82, 2.24) is 24.9 Å². The average Bonchev–Trinajstić information content (AvgIpc) is 3.20. The SMILES string of the molecule is Cc1nc2n(n1)CC(c1nc(C(F)(F)c3ccc(F)cc3)no1)CC2. The van der Waals surface area contributed by atoms with E-state index in [-0.39, 0.29) is 17.4 Å². The molecule has 1 aliphatic heterocycles.